The molecule has 144 valence electrons. The van der Waals surface area contributed by atoms with Gasteiger partial charge in [-0.15, -0.1) is 0 Å². The Bertz CT molecular complexity index is 1210. The maximum absolute atomic E-state index is 13.2. The molecule has 4 heteroatoms. The highest BCUT2D eigenvalue weighted by atomic mass is 16.6. The summed E-state index contributed by atoms with van der Waals surface area (Å²) in [5.41, 5.74) is 2.49. The fourth-order valence-electron chi connectivity index (χ4n) is 4.08. The van der Waals surface area contributed by atoms with Crippen molar-refractivity contribution in [2.45, 2.75) is 26.4 Å². The lowest BCUT2D eigenvalue weighted by Gasteiger charge is -2.40. The standard InChI is InChI=1S/C25H20O4/c1-24(2,3)23(27)29-25(20-14-15-12-13-21(20)28-15)18-10-6-4-8-16(18)22(26)17-9-5-7-11-19(17)25/h4-14H,1-3H3. The Labute approximate surface area is 168 Å². The summed E-state index contributed by atoms with van der Waals surface area (Å²) in [6.07, 6.45) is 0. The molecular weight excluding hydrogens is 364 g/mol. The monoisotopic (exact) mass is 384 g/mol. The van der Waals surface area contributed by atoms with Crippen LogP contribution in [0, 0.1) is 5.41 Å². The fraction of sp³-hybridized carbons (Fsp3) is 0.200. The number of hydrogen-bond donors (Lipinski definition) is 0. The van der Waals surface area contributed by atoms with E-state index in [9.17, 15) is 9.59 Å². The molecule has 29 heavy (non-hydrogen) atoms. The number of carbonyl (C=O) groups is 2. The Hall–Kier alpha value is -3.40. The predicted molar refractivity (Wildman–Crippen MR) is 109 cm³/mol. The minimum absolute atomic E-state index is 0.0727. The van der Waals surface area contributed by atoms with E-state index in [-0.39, 0.29) is 11.8 Å². The van der Waals surface area contributed by atoms with Gasteiger partial charge in [-0.05, 0) is 39.0 Å². The SMILES string of the molecule is CC(C)(C)C(=O)OC1(c2cc3ccc2o3)c2ccccc2C(=O)c2ccccc21. The number of hydrogen-bond acceptors (Lipinski definition) is 4. The Kier molecular flexibility index (Phi) is 3.54. The van der Waals surface area contributed by atoms with E-state index in [4.69, 9.17) is 9.15 Å². The molecular formula is C25H20O4. The van der Waals surface area contributed by atoms with Gasteiger partial charge in [0, 0.05) is 22.3 Å². The normalized spacial score (nSPS) is 15.2. The molecule has 0 N–H and O–H groups in total. The number of ketones is 1. The second-order valence-electron chi connectivity index (χ2n) is 8.50. The van der Waals surface area contributed by atoms with E-state index < -0.39 is 11.0 Å². The molecule has 4 aromatic rings. The molecule has 0 fully saturated rings. The lowest BCUT2D eigenvalue weighted by atomic mass is 9.70. The Balaban J connectivity index is 1.90. The maximum atomic E-state index is 13.2. The molecule has 0 atom stereocenters. The molecule has 0 spiro atoms. The van der Waals surface area contributed by atoms with Gasteiger partial charge in [-0.25, -0.2) is 0 Å². The molecule has 1 aliphatic carbocycles. The lowest BCUT2D eigenvalue weighted by Crippen LogP contribution is -2.43. The summed E-state index contributed by atoms with van der Waals surface area (Å²) in [4.78, 5) is 26.4. The molecule has 5 rings (SSSR count). The average molecular weight is 384 g/mol. The third-order valence-corrected chi connectivity index (χ3v) is 5.52. The first-order chi connectivity index (χ1) is 13.8. The van der Waals surface area contributed by atoms with Crippen molar-refractivity contribution in [2.75, 3.05) is 0 Å². The molecule has 2 aromatic carbocycles. The van der Waals surface area contributed by atoms with E-state index in [1.54, 1.807) is 12.1 Å². The van der Waals surface area contributed by atoms with Crippen molar-refractivity contribution in [1.82, 2.24) is 0 Å². The molecule has 1 aliphatic rings. The van der Waals surface area contributed by atoms with Crippen LogP contribution in [0.25, 0.3) is 11.2 Å². The summed E-state index contributed by atoms with van der Waals surface area (Å²) in [6, 6.07) is 20.3. The highest BCUT2D eigenvalue weighted by Gasteiger charge is 2.51. The first kappa shape index (κ1) is 17.7. The first-order valence-corrected chi connectivity index (χ1v) is 9.62. The van der Waals surface area contributed by atoms with Gasteiger partial charge >= 0.3 is 5.97 Å². The number of furan rings is 2. The minimum atomic E-state index is -1.26. The van der Waals surface area contributed by atoms with Crippen LogP contribution in [0.2, 0.25) is 0 Å². The van der Waals surface area contributed by atoms with Gasteiger partial charge in [0.1, 0.15) is 11.2 Å². The van der Waals surface area contributed by atoms with E-state index in [0.29, 0.717) is 33.4 Å². The van der Waals surface area contributed by atoms with Crippen molar-refractivity contribution in [3.8, 4) is 0 Å². The second-order valence-corrected chi connectivity index (χ2v) is 8.50. The highest BCUT2D eigenvalue weighted by molar-refractivity contribution is 6.13. The van der Waals surface area contributed by atoms with E-state index in [2.05, 4.69) is 0 Å². The van der Waals surface area contributed by atoms with Crippen LogP contribution in [0.1, 0.15) is 53.4 Å². The Morgan fingerprint density at radius 1 is 0.862 bits per heavy atom. The van der Waals surface area contributed by atoms with E-state index >= 15 is 0 Å². The molecule has 0 saturated heterocycles. The minimum Gasteiger partial charge on any atom is -0.457 e. The van der Waals surface area contributed by atoms with Crippen molar-refractivity contribution in [3.63, 3.8) is 0 Å². The summed E-state index contributed by atoms with van der Waals surface area (Å²) in [5.74, 6) is -0.425. The van der Waals surface area contributed by atoms with Crippen LogP contribution in [0.5, 0.6) is 0 Å². The fourth-order valence-corrected chi connectivity index (χ4v) is 4.08. The average Bonchev–Trinajstić information content (AvgIpc) is 3.34. The first-order valence-electron chi connectivity index (χ1n) is 9.62. The van der Waals surface area contributed by atoms with Gasteiger partial charge in [0.15, 0.2) is 11.4 Å². The third kappa shape index (κ3) is 2.38. The van der Waals surface area contributed by atoms with Gasteiger partial charge in [-0.1, -0.05) is 48.5 Å². The number of carbonyl (C=O) groups excluding carboxylic acids is 2. The topological polar surface area (TPSA) is 56.5 Å². The number of ether oxygens (including phenoxy) is 1. The van der Waals surface area contributed by atoms with Crippen LogP contribution in [0.3, 0.4) is 0 Å². The summed E-state index contributed by atoms with van der Waals surface area (Å²) in [7, 11) is 0. The summed E-state index contributed by atoms with van der Waals surface area (Å²) < 4.78 is 12.2. The van der Waals surface area contributed by atoms with Crippen LogP contribution >= 0.6 is 0 Å². The molecule has 4 nitrogen and oxygen atoms in total. The Morgan fingerprint density at radius 3 is 1.93 bits per heavy atom. The van der Waals surface area contributed by atoms with Crippen LogP contribution in [0.4, 0.5) is 0 Å². The molecule has 2 aromatic heterocycles. The van der Waals surface area contributed by atoms with Crippen molar-refractivity contribution in [3.05, 3.63) is 94.5 Å². The highest BCUT2D eigenvalue weighted by Crippen LogP contribution is 2.50. The zero-order valence-corrected chi connectivity index (χ0v) is 16.5. The van der Waals surface area contributed by atoms with E-state index in [1.165, 1.54) is 0 Å². The smallest absolute Gasteiger partial charge is 0.312 e. The second kappa shape index (κ2) is 5.80. The number of rotatable bonds is 2. The zero-order valence-electron chi connectivity index (χ0n) is 16.5. The van der Waals surface area contributed by atoms with Crippen molar-refractivity contribution in [2.24, 2.45) is 5.41 Å². The number of fused-ring (bicyclic) bond motifs is 4. The predicted octanol–water partition coefficient (Wildman–Crippen LogP) is 5.30. The largest absolute Gasteiger partial charge is 0.457 e. The van der Waals surface area contributed by atoms with Gasteiger partial charge in [0.2, 0.25) is 0 Å². The summed E-state index contributed by atoms with van der Waals surface area (Å²) >= 11 is 0. The molecule has 0 amide bonds. The van der Waals surface area contributed by atoms with E-state index in [1.807, 2.05) is 75.4 Å². The molecule has 2 bridgehead atoms. The van der Waals surface area contributed by atoms with E-state index in [0.717, 1.165) is 5.56 Å². The summed E-state index contributed by atoms with van der Waals surface area (Å²) in [5, 5.41) is 0. The molecule has 0 saturated carbocycles. The molecule has 0 aliphatic heterocycles. The van der Waals surface area contributed by atoms with Crippen LogP contribution in [-0.4, -0.2) is 11.8 Å². The molecule has 2 heterocycles. The lowest BCUT2D eigenvalue weighted by molar-refractivity contribution is -0.163. The summed E-state index contributed by atoms with van der Waals surface area (Å²) in [6.45, 7) is 5.47. The van der Waals surface area contributed by atoms with Crippen molar-refractivity contribution < 1.29 is 18.7 Å². The van der Waals surface area contributed by atoms with Gasteiger partial charge < -0.3 is 9.15 Å². The van der Waals surface area contributed by atoms with Crippen molar-refractivity contribution >= 4 is 22.9 Å². The Morgan fingerprint density at radius 2 is 1.45 bits per heavy atom. The van der Waals surface area contributed by atoms with Crippen LogP contribution < -0.4 is 0 Å². The number of benzene rings is 3. The molecule has 0 radical (unpaired) electrons. The number of esters is 1. The van der Waals surface area contributed by atoms with Gasteiger partial charge in [-0.2, -0.15) is 0 Å². The molecule has 0 unspecified atom stereocenters. The maximum Gasteiger partial charge on any atom is 0.312 e. The van der Waals surface area contributed by atoms with Crippen LogP contribution in [-0.2, 0) is 15.1 Å². The van der Waals surface area contributed by atoms with Crippen LogP contribution in [0.15, 0.2) is 71.1 Å². The quantitative estimate of drug-likeness (QED) is 0.440. The van der Waals surface area contributed by atoms with Gasteiger partial charge in [0.25, 0.3) is 0 Å². The zero-order chi connectivity index (χ0) is 20.4. The third-order valence-electron chi connectivity index (χ3n) is 5.52. The van der Waals surface area contributed by atoms with Crippen molar-refractivity contribution in [1.29, 1.82) is 0 Å². The van der Waals surface area contributed by atoms with Gasteiger partial charge in [0.05, 0.1) is 11.0 Å². The van der Waals surface area contributed by atoms with Gasteiger partial charge in [-0.3, -0.25) is 9.59 Å².